The third-order valence-corrected chi connectivity index (χ3v) is 4.14. The first kappa shape index (κ1) is 13.8. The fourth-order valence-electron chi connectivity index (χ4n) is 2.90. The van der Waals surface area contributed by atoms with Gasteiger partial charge in [0.15, 0.2) is 0 Å². The summed E-state index contributed by atoms with van der Waals surface area (Å²) in [5.41, 5.74) is -0.506. The Kier molecular flexibility index (Phi) is 4.62. The van der Waals surface area contributed by atoms with Gasteiger partial charge >= 0.3 is 5.97 Å². The Balaban J connectivity index is 1.80. The summed E-state index contributed by atoms with van der Waals surface area (Å²) in [5.74, 6) is 0.767. The number of carbonyl (C=O) groups is 1. The van der Waals surface area contributed by atoms with Gasteiger partial charge in [0.1, 0.15) is 5.54 Å². The van der Waals surface area contributed by atoms with E-state index in [1.54, 1.807) is 0 Å². The van der Waals surface area contributed by atoms with Crippen molar-refractivity contribution in [1.82, 2.24) is 5.32 Å². The molecule has 0 radical (unpaired) electrons. The first-order valence-electron chi connectivity index (χ1n) is 7.15. The van der Waals surface area contributed by atoms with Gasteiger partial charge in [-0.25, -0.2) is 0 Å². The van der Waals surface area contributed by atoms with E-state index >= 15 is 0 Å². The van der Waals surface area contributed by atoms with Crippen molar-refractivity contribution in [2.24, 2.45) is 5.92 Å². The number of ether oxygens (including phenoxy) is 2. The molecule has 2 saturated carbocycles. The Morgan fingerprint density at radius 1 is 1.39 bits per heavy atom. The summed E-state index contributed by atoms with van der Waals surface area (Å²) < 4.78 is 10.8. The monoisotopic (exact) mass is 255 g/mol. The molecule has 2 aliphatic carbocycles. The van der Waals surface area contributed by atoms with Crippen molar-refractivity contribution >= 4 is 5.97 Å². The zero-order chi connectivity index (χ0) is 13.0. The highest BCUT2D eigenvalue weighted by atomic mass is 16.5. The van der Waals surface area contributed by atoms with Crippen LogP contribution in [0.2, 0.25) is 0 Å². The van der Waals surface area contributed by atoms with E-state index in [1.165, 1.54) is 26.4 Å². The van der Waals surface area contributed by atoms with E-state index < -0.39 is 5.54 Å². The molecular formula is C14H25NO3. The molecule has 0 spiro atoms. The molecule has 1 N–H and O–H groups in total. The summed E-state index contributed by atoms with van der Waals surface area (Å²) in [4.78, 5) is 11.9. The Morgan fingerprint density at radius 2 is 2.17 bits per heavy atom. The zero-order valence-corrected chi connectivity index (χ0v) is 11.5. The average molecular weight is 255 g/mol. The molecule has 2 fully saturated rings. The molecule has 0 aliphatic heterocycles. The molecule has 0 aromatic heterocycles. The van der Waals surface area contributed by atoms with Crippen molar-refractivity contribution in [3.8, 4) is 0 Å². The van der Waals surface area contributed by atoms with Crippen LogP contribution in [-0.4, -0.2) is 37.9 Å². The number of esters is 1. The van der Waals surface area contributed by atoms with Crippen LogP contribution in [-0.2, 0) is 14.3 Å². The molecule has 0 heterocycles. The Bertz CT molecular complexity index is 291. The number of likely N-dealkylation sites (N-methyl/N-ethyl adjacent to an activating group) is 1. The fraction of sp³-hybridized carbons (Fsp3) is 0.929. The van der Waals surface area contributed by atoms with E-state index in [0.29, 0.717) is 0 Å². The van der Waals surface area contributed by atoms with Gasteiger partial charge in [-0.3, -0.25) is 4.79 Å². The van der Waals surface area contributed by atoms with Gasteiger partial charge < -0.3 is 14.8 Å². The SMILES string of the molecule is CCNC1(C(=O)OC)CCC(OCCC2CC2)C1. The molecule has 18 heavy (non-hydrogen) atoms. The first-order chi connectivity index (χ1) is 8.70. The quantitative estimate of drug-likeness (QED) is 0.706. The Hall–Kier alpha value is -0.610. The summed E-state index contributed by atoms with van der Waals surface area (Å²) in [5, 5.41) is 3.30. The Morgan fingerprint density at radius 3 is 2.78 bits per heavy atom. The molecule has 0 saturated heterocycles. The van der Waals surface area contributed by atoms with E-state index in [2.05, 4.69) is 5.32 Å². The van der Waals surface area contributed by atoms with Gasteiger partial charge in [0.25, 0.3) is 0 Å². The van der Waals surface area contributed by atoms with Gasteiger partial charge in [-0.15, -0.1) is 0 Å². The summed E-state index contributed by atoms with van der Waals surface area (Å²) in [6.45, 7) is 3.65. The zero-order valence-electron chi connectivity index (χ0n) is 11.5. The second kappa shape index (κ2) is 6.02. The molecule has 4 nitrogen and oxygen atoms in total. The van der Waals surface area contributed by atoms with Crippen LogP contribution in [0.5, 0.6) is 0 Å². The highest BCUT2D eigenvalue weighted by molar-refractivity contribution is 5.81. The molecule has 0 aromatic rings. The lowest BCUT2D eigenvalue weighted by atomic mass is 9.97. The molecule has 4 heteroatoms. The van der Waals surface area contributed by atoms with Crippen LogP contribution in [0.3, 0.4) is 0 Å². The number of methoxy groups -OCH3 is 1. The number of rotatable bonds is 7. The highest BCUT2D eigenvalue weighted by Crippen LogP contribution is 2.35. The normalized spacial score (nSPS) is 31.6. The van der Waals surface area contributed by atoms with Gasteiger partial charge in [0.2, 0.25) is 0 Å². The second-order valence-corrected chi connectivity index (χ2v) is 5.57. The summed E-state index contributed by atoms with van der Waals surface area (Å²) >= 11 is 0. The maximum absolute atomic E-state index is 11.9. The molecule has 2 aliphatic rings. The first-order valence-corrected chi connectivity index (χ1v) is 7.15. The number of hydrogen-bond donors (Lipinski definition) is 1. The highest BCUT2D eigenvalue weighted by Gasteiger charge is 2.46. The fourth-order valence-corrected chi connectivity index (χ4v) is 2.90. The maximum Gasteiger partial charge on any atom is 0.326 e. The van der Waals surface area contributed by atoms with Crippen molar-refractivity contribution in [1.29, 1.82) is 0 Å². The van der Waals surface area contributed by atoms with Crippen molar-refractivity contribution in [2.75, 3.05) is 20.3 Å². The molecule has 0 amide bonds. The summed E-state index contributed by atoms with van der Waals surface area (Å²) in [7, 11) is 1.46. The number of carbonyl (C=O) groups excluding carboxylic acids is 1. The summed E-state index contributed by atoms with van der Waals surface area (Å²) in [6.07, 6.45) is 6.66. The van der Waals surface area contributed by atoms with Gasteiger partial charge in [-0.2, -0.15) is 0 Å². The lowest BCUT2D eigenvalue weighted by Gasteiger charge is -2.27. The predicted molar refractivity (Wildman–Crippen MR) is 69.4 cm³/mol. The van der Waals surface area contributed by atoms with Crippen LogP contribution < -0.4 is 5.32 Å². The van der Waals surface area contributed by atoms with Crippen molar-refractivity contribution in [2.45, 2.75) is 57.1 Å². The molecule has 2 rings (SSSR count). The van der Waals surface area contributed by atoms with Crippen molar-refractivity contribution < 1.29 is 14.3 Å². The molecule has 2 atom stereocenters. The third-order valence-electron chi connectivity index (χ3n) is 4.14. The molecule has 0 bridgehead atoms. The van der Waals surface area contributed by atoms with Crippen molar-refractivity contribution in [3.05, 3.63) is 0 Å². The number of hydrogen-bond acceptors (Lipinski definition) is 4. The lowest BCUT2D eigenvalue weighted by Crippen LogP contribution is -2.51. The molecular weight excluding hydrogens is 230 g/mol. The van der Waals surface area contributed by atoms with Gasteiger partial charge in [0, 0.05) is 13.0 Å². The second-order valence-electron chi connectivity index (χ2n) is 5.57. The van der Waals surface area contributed by atoms with Crippen LogP contribution in [0.15, 0.2) is 0 Å². The number of nitrogens with one attached hydrogen (secondary N) is 1. The third kappa shape index (κ3) is 3.23. The minimum Gasteiger partial charge on any atom is -0.468 e. The van der Waals surface area contributed by atoms with E-state index in [4.69, 9.17) is 9.47 Å². The van der Waals surface area contributed by atoms with E-state index in [-0.39, 0.29) is 12.1 Å². The van der Waals surface area contributed by atoms with Crippen LogP contribution in [0.25, 0.3) is 0 Å². The lowest BCUT2D eigenvalue weighted by molar-refractivity contribution is -0.148. The maximum atomic E-state index is 11.9. The molecule has 2 unspecified atom stereocenters. The van der Waals surface area contributed by atoms with Crippen LogP contribution in [0.1, 0.15) is 45.4 Å². The van der Waals surface area contributed by atoms with Crippen LogP contribution >= 0.6 is 0 Å². The van der Waals surface area contributed by atoms with E-state index in [9.17, 15) is 4.79 Å². The van der Waals surface area contributed by atoms with E-state index in [0.717, 1.165) is 38.3 Å². The molecule has 0 aromatic carbocycles. The predicted octanol–water partition coefficient (Wildman–Crippen LogP) is 1.88. The van der Waals surface area contributed by atoms with Gasteiger partial charge in [-0.05, 0) is 31.7 Å². The average Bonchev–Trinajstić information content (AvgIpc) is 3.10. The minimum atomic E-state index is -0.506. The topological polar surface area (TPSA) is 47.6 Å². The van der Waals surface area contributed by atoms with Crippen molar-refractivity contribution in [3.63, 3.8) is 0 Å². The standard InChI is InChI=1S/C14H25NO3/c1-3-15-14(13(16)17-2)8-6-12(10-14)18-9-7-11-4-5-11/h11-12,15H,3-10H2,1-2H3. The van der Waals surface area contributed by atoms with Gasteiger partial charge in [-0.1, -0.05) is 19.8 Å². The summed E-state index contributed by atoms with van der Waals surface area (Å²) in [6, 6.07) is 0. The van der Waals surface area contributed by atoms with Crippen LogP contribution in [0.4, 0.5) is 0 Å². The largest absolute Gasteiger partial charge is 0.468 e. The molecule has 104 valence electrons. The van der Waals surface area contributed by atoms with Gasteiger partial charge in [0.05, 0.1) is 13.2 Å². The minimum absolute atomic E-state index is 0.141. The van der Waals surface area contributed by atoms with E-state index in [1.807, 2.05) is 6.92 Å². The Labute approximate surface area is 109 Å². The smallest absolute Gasteiger partial charge is 0.326 e. The van der Waals surface area contributed by atoms with Crippen LogP contribution in [0, 0.1) is 5.92 Å².